The van der Waals surface area contributed by atoms with Crippen LogP contribution in [0, 0.1) is 0 Å². The van der Waals surface area contributed by atoms with Crippen molar-refractivity contribution < 1.29 is 19.3 Å². The minimum absolute atomic E-state index is 0.200. The van der Waals surface area contributed by atoms with Crippen LogP contribution >= 0.6 is 11.6 Å². The molecule has 1 N–H and O–H groups in total. The van der Waals surface area contributed by atoms with Crippen molar-refractivity contribution in [3.63, 3.8) is 0 Å². The number of hydrogen-bond donors (Lipinski definition) is 1. The van der Waals surface area contributed by atoms with Gasteiger partial charge in [-0.3, -0.25) is 0 Å². The summed E-state index contributed by atoms with van der Waals surface area (Å²) in [5.74, 6) is 0.942. The second kappa shape index (κ2) is 5.94. The number of halogens is 1. The first-order chi connectivity index (χ1) is 7.63. The summed E-state index contributed by atoms with van der Waals surface area (Å²) >= 11 is 6.00. The number of benzene rings is 1. The zero-order valence-corrected chi connectivity index (χ0v) is 10.2. The van der Waals surface area contributed by atoms with Crippen LogP contribution in [0.1, 0.15) is 11.7 Å². The average Bonchev–Trinajstić information content (AvgIpc) is 2.28. The van der Waals surface area contributed by atoms with Gasteiger partial charge in [0.15, 0.2) is 11.5 Å². The summed E-state index contributed by atoms with van der Waals surface area (Å²) < 4.78 is 15.1. The molecule has 0 aliphatic rings. The molecule has 16 heavy (non-hydrogen) atoms. The summed E-state index contributed by atoms with van der Waals surface area (Å²) in [4.78, 5) is 0. The lowest BCUT2D eigenvalue weighted by atomic mass is 10.1. The van der Waals surface area contributed by atoms with Gasteiger partial charge < -0.3 is 19.3 Å². The van der Waals surface area contributed by atoms with Crippen molar-refractivity contribution in [3.05, 3.63) is 22.7 Å². The van der Waals surface area contributed by atoms with E-state index in [1.807, 2.05) is 0 Å². The Morgan fingerprint density at radius 1 is 1.25 bits per heavy atom. The van der Waals surface area contributed by atoms with Crippen LogP contribution in [0.15, 0.2) is 12.1 Å². The molecule has 0 aromatic heterocycles. The molecule has 5 heteroatoms. The molecule has 0 aliphatic heterocycles. The van der Waals surface area contributed by atoms with Crippen molar-refractivity contribution >= 4 is 11.6 Å². The fourth-order valence-electron chi connectivity index (χ4n) is 1.38. The maximum atomic E-state index is 9.75. The van der Waals surface area contributed by atoms with E-state index in [-0.39, 0.29) is 6.61 Å². The standard InChI is InChI=1S/C11H15ClO4/c1-14-6-9(13)7-4-8(12)11(16-3)10(5-7)15-2/h4-5,9,13H,6H2,1-3H3. The smallest absolute Gasteiger partial charge is 0.179 e. The third-order valence-electron chi connectivity index (χ3n) is 2.17. The second-order valence-corrected chi connectivity index (χ2v) is 3.62. The molecule has 0 heterocycles. The Kier molecular flexibility index (Phi) is 4.86. The summed E-state index contributed by atoms with van der Waals surface area (Å²) in [5, 5.41) is 10.1. The highest BCUT2D eigenvalue weighted by molar-refractivity contribution is 6.32. The first-order valence-electron chi connectivity index (χ1n) is 4.72. The van der Waals surface area contributed by atoms with Crippen molar-refractivity contribution in [2.24, 2.45) is 0 Å². The molecule has 0 saturated carbocycles. The van der Waals surface area contributed by atoms with E-state index in [4.69, 9.17) is 25.8 Å². The Bertz CT molecular complexity index is 354. The Balaban J connectivity index is 3.09. The fourth-order valence-corrected chi connectivity index (χ4v) is 1.68. The summed E-state index contributed by atoms with van der Waals surface area (Å²) in [6.45, 7) is 0.200. The number of aliphatic hydroxyl groups is 1. The van der Waals surface area contributed by atoms with Gasteiger partial charge in [-0.1, -0.05) is 11.6 Å². The summed E-state index contributed by atoms with van der Waals surface area (Å²) in [5.41, 5.74) is 0.629. The van der Waals surface area contributed by atoms with E-state index in [0.29, 0.717) is 22.1 Å². The molecule has 90 valence electrons. The molecule has 0 bridgehead atoms. The summed E-state index contributed by atoms with van der Waals surface area (Å²) in [6, 6.07) is 3.31. The molecule has 0 radical (unpaired) electrons. The third-order valence-corrected chi connectivity index (χ3v) is 2.45. The van der Waals surface area contributed by atoms with Gasteiger partial charge in [0, 0.05) is 7.11 Å². The molecule has 1 aromatic carbocycles. The van der Waals surface area contributed by atoms with E-state index in [9.17, 15) is 5.11 Å². The van der Waals surface area contributed by atoms with E-state index < -0.39 is 6.10 Å². The van der Waals surface area contributed by atoms with Crippen molar-refractivity contribution in [2.45, 2.75) is 6.10 Å². The number of rotatable bonds is 5. The van der Waals surface area contributed by atoms with Crippen LogP contribution in [0.5, 0.6) is 11.5 Å². The van der Waals surface area contributed by atoms with E-state index in [2.05, 4.69) is 0 Å². The predicted molar refractivity (Wildman–Crippen MR) is 61.4 cm³/mol. The highest BCUT2D eigenvalue weighted by Crippen LogP contribution is 2.37. The van der Waals surface area contributed by atoms with Crippen LogP contribution in [0.25, 0.3) is 0 Å². The lowest BCUT2D eigenvalue weighted by Crippen LogP contribution is -2.05. The van der Waals surface area contributed by atoms with Gasteiger partial charge in [-0.05, 0) is 17.7 Å². The van der Waals surface area contributed by atoms with Crippen LogP contribution in [0.2, 0.25) is 5.02 Å². The Morgan fingerprint density at radius 2 is 1.94 bits per heavy atom. The maximum Gasteiger partial charge on any atom is 0.179 e. The van der Waals surface area contributed by atoms with Crippen LogP contribution in [0.4, 0.5) is 0 Å². The maximum absolute atomic E-state index is 9.75. The zero-order valence-electron chi connectivity index (χ0n) is 9.49. The SMILES string of the molecule is COCC(O)c1cc(Cl)c(OC)c(OC)c1. The lowest BCUT2D eigenvalue weighted by molar-refractivity contribution is 0.0642. The molecular formula is C11H15ClO4. The van der Waals surface area contributed by atoms with E-state index in [1.165, 1.54) is 21.3 Å². The molecule has 4 nitrogen and oxygen atoms in total. The van der Waals surface area contributed by atoms with Crippen LogP contribution in [0.3, 0.4) is 0 Å². The quantitative estimate of drug-likeness (QED) is 0.864. The average molecular weight is 247 g/mol. The van der Waals surface area contributed by atoms with Gasteiger partial charge in [0.25, 0.3) is 0 Å². The van der Waals surface area contributed by atoms with Gasteiger partial charge in [0.1, 0.15) is 6.10 Å². The Labute approximate surface area is 99.7 Å². The molecule has 0 aliphatic carbocycles. The molecule has 1 rings (SSSR count). The Morgan fingerprint density at radius 3 is 2.44 bits per heavy atom. The zero-order chi connectivity index (χ0) is 12.1. The fraction of sp³-hybridized carbons (Fsp3) is 0.455. The first-order valence-corrected chi connectivity index (χ1v) is 5.10. The van der Waals surface area contributed by atoms with Crippen molar-refractivity contribution in [2.75, 3.05) is 27.9 Å². The predicted octanol–water partition coefficient (Wildman–Crippen LogP) is 2.04. The minimum Gasteiger partial charge on any atom is -0.493 e. The molecule has 1 atom stereocenters. The van der Waals surface area contributed by atoms with Gasteiger partial charge in [0.2, 0.25) is 0 Å². The number of methoxy groups -OCH3 is 3. The molecule has 1 unspecified atom stereocenters. The van der Waals surface area contributed by atoms with Crippen molar-refractivity contribution in [1.29, 1.82) is 0 Å². The highest BCUT2D eigenvalue weighted by Gasteiger charge is 2.15. The monoisotopic (exact) mass is 246 g/mol. The number of ether oxygens (including phenoxy) is 3. The van der Waals surface area contributed by atoms with Crippen LogP contribution in [-0.2, 0) is 4.74 Å². The second-order valence-electron chi connectivity index (χ2n) is 3.21. The first kappa shape index (κ1) is 13.1. The van der Waals surface area contributed by atoms with Gasteiger partial charge in [-0.2, -0.15) is 0 Å². The highest BCUT2D eigenvalue weighted by atomic mass is 35.5. The molecular weight excluding hydrogens is 232 g/mol. The van der Waals surface area contributed by atoms with E-state index in [0.717, 1.165) is 0 Å². The summed E-state index contributed by atoms with van der Waals surface area (Å²) in [6.07, 6.45) is -0.734. The normalized spacial score (nSPS) is 12.3. The molecule has 0 saturated heterocycles. The lowest BCUT2D eigenvalue weighted by Gasteiger charge is -2.14. The van der Waals surface area contributed by atoms with Crippen LogP contribution < -0.4 is 9.47 Å². The molecule has 0 amide bonds. The minimum atomic E-state index is -0.734. The number of hydrogen-bond acceptors (Lipinski definition) is 4. The molecule has 0 fully saturated rings. The van der Waals surface area contributed by atoms with Gasteiger partial charge in [-0.25, -0.2) is 0 Å². The number of aliphatic hydroxyl groups excluding tert-OH is 1. The topological polar surface area (TPSA) is 47.9 Å². The van der Waals surface area contributed by atoms with Gasteiger partial charge >= 0.3 is 0 Å². The summed E-state index contributed by atoms with van der Waals surface area (Å²) in [7, 11) is 4.54. The largest absolute Gasteiger partial charge is 0.493 e. The molecule has 0 spiro atoms. The van der Waals surface area contributed by atoms with Crippen LogP contribution in [-0.4, -0.2) is 33.0 Å². The van der Waals surface area contributed by atoms with Gasteiger partial charge in [0.05, 0.1) is 25.8 Å². The van der Waals surface area contributed by atoms with Gasteiger partial charge in [-0.15, -0.1) is 0 Å². The van der Waals surface area contributed by atoms with Crippen molar-refractivity contribution in [3.8, 4) is 11.5 Å². The van der Waals surface area contributed by atoms with E-state index in [1.54, 1.807) is 12.1 Å². The molecule has 1 aromatic rings. The van der Waals surface area contributed by atoms with Crippen molar-refractivity contribution in [1.82, 2.24) is 0 Å². The Hall–Kier alpha value is -0.970. The van der Waals surface area contributed by atoms with E-state index >= 15 is 0 Å². The third kappa shape index (κ3) is 2.78.